The summed E-state index contributed by atoms with van der Waals surface area (Å²) in [5, 5.41) is 13.8. The molecule has 0 aliphatic rings. The van der Waals surface area contributed by atoms with Gasteiger partial charge in [-0.25, -0.2) is 10.2 Å². The van der Waals surface area contributed by atoms with Gasteiger partial charge >= 0.3 is 5.97 Å². The highest BCUT2D eigenvalue weighted by molar-refractivity contribution is 7.99. The SMILES string of the molecule is O=C(CSCc1c(Cl)cccc1Cl)N/N=C\c1ccc(C(=O)O)cc1. The number of amides is 1. The first kappa shape index (κ1) is 19.3. The number of rotatable bonds is 7. The lowest BCUT2D eigenvalue weighted by Gasteiger charge is -2.06. The van der Waals surface area contributed by atoms with E-state index in [0.29, 0.717) is 21.4 Å². The molecule has 0 saturated carbocycles. The molecule has 2 N–H and O–H groups in total. The van der Waals surface area contributed by atoms with E-state index in [2.05, 4.69) is 10.5 Å². The summed E-state index contributed by atoms with van der Waals surface area (Å²) in [4.78, 5) is 22.5. The predicted molar refractivity (Wildman–Crippen MR) is 102 cm³/mol. The molecule has 0 aliphatic carbocycles. The highest BCUT2D eigenvalue weighted by Gasteiger charge is 2.07. The molecule has 0 fully saturated rings. The first-order valence-corrected chi connectivity index (χ1v) is 9.04. The average molecular weight is 397 g/mol. The van der Waals surface area contributed by atoms with Crippen molar-refractivity contribution in [3.63, 3.8) is 0 Å². The molecule has 130 valence electrons. The molecule has 0 aromatic heterocycles. The van der Waals surface area contributed by atoms with Crippen LogP contribution in [0.3, 0.4) is 0 Å². The minimum Gasteiger partial charge on any atom is -0.478 e. The van der Waals surface area contributed by atoms with E-state index >= 15 is 0 Å². The summed E-state index contributed by atoms with van der Waals surface area (Å²) in [6, 6.07) is 11.4. The zero-order valence-corrected chi connectivity index (χ0v) is 15.2. The molecule has 1 amide bonds. The Morgan fingerprint density at radius 3 is 2.36 bits per heavy atom. The summed E-state index contributed by atoms with van der Waals surface area (Å²) < 4.78 is 0. The summed E-state index contributed by atoms with van der Waals surface area (Å²) in [6.07, 6.45) is 1.44. The monoisotopic (exact) mass is 396 g/mol. The van der Waals surface area contributed by atoms with E-state index in [0.717, 1.165) is 5.56 Å². The van der Waals surface area contributed by atoms with Gasteiger partial charge in [0, 0.05) is 15.8 Å². The molecule has 2 aromatic carbocycles. The van der Waals surface area contributed by atoms with Gasteiger partial charge in [0.1, 0.15) is 0 Å². The fourth-order valence-corrected chi connectivity index (χ4v) is 3.40. The van der Waals surface area contributed by atoms with Crippen LogP contribution in [0.5, 0.6) is 0 Å². The molecule has 25 heavy (non-hydrogen) atoms. The number of carboxylic acids is 1. The van der Waals surface area contributed by atoms with Gasteiger partial charge in [-0.2, -0.15) is 5.10 Å². The number of carbonyl (C=O) groups is 2. The molecule has 0 heterocycles. The van der Waals surface area contributed by atoms with Gasteiger partial charge in [0.05, 0.1) is 17.5 Å². The van der Waals surface area contributed by atoms with Crippen molar-refractivity contribution >= 4 is 53.1 Å². The molecule has 0 unspecified atom stereocenters. The van der Waals surface area contributed by atoms with Crippen LogP contribution in [0.1, 0.15) is 21.5 Å². The maximum Gasteiger partial charge on any atom is 0.335 e. The quantitative estimate of drug-likeness (QED) is 0.545. The number of carboxylic acid groups (broad SMARTS) is 1. The number of aromatic carboxylic acids is 1. The smallest absolute Gasteiger partial charge is 0.335 e. The Bertz CT molecular complexity index is 775. The van der Waals surface area contributed by atoms with Gasteiger partial charge in [0.25, 0.3) is 0 Å². The van der Waals surface area contributed by atoms with Crippen LogP contribution in [0.25, 0.3) is 0 Å². The van der Waals surface area contributed by atoms with Crippen LogP contribution in [0, 0.1) is 0 Å². The lowest BCUT2D eigenvalue weighted by molar-refractivity contribution is -0.118. The van der Waals surface area contributed by atoms with E-state index in [4.69, 9.17) is 28.3 Å². The third kappa shape index (κ3) is 6.08. The Labute approximate surface area is 159 Å². The predicted octanol–water partition coefficient (Wildman–Crippen LogP) is 4.08. The first-order valence-electron chi connectivity index (χ1n) is 7.13. The van der Waals surface area contributed by atoms with Crippen molar-refractivity contribution in [2.75, 3.05) is 5.75 Å². The van der Waals surface area contributed by atoms with Crippen molar-refractivity contribution in [2.24, 2.45) is 5.10 Å². The van der Waals surface area contributed by atoms with Crippen molar-refractivity contribution in [2.45, 2.75) is 5.75 Å². The van der Waals surface area contributed by atoms with E-state index in [-0.39, 0.29) is 17.2 Å². The molecule has 0 bridgehead atoms. The number of hydrogen-bond donors (Lipinski definition) is 2. The second-order valence-corrected chi connectivity index (χ2v) is 6.71. The van der Waals surface area contributed by atoms with Crippen LogP contribution >= 0.6 is 35.0 Å². The second kappa shape index (κ2) is 9.46. The Morgan fingerprint density at radius 1 is 1.12 bits per heavy atom. The highest BCUT2D eigenvalue weighted by Crippen LogP contribution is 2.28. The molecular weight excluding hydrogens is 383 g/mol. The van der Waals surface area contributed by atoms with E-state index in [1.807, 2.05) is 0 Å². The largest absolute Gasteiger partial charge is 0.478 e. The van der Waals surface area contributed by atoms with Crippen molar-refractivity contribution in [1.29, 1.82) is 0 Å². The third-order valence-corrected chi connectivity index (χ3v) is 4.77. The molecule has 8 heteroatoms. The summed E-state index contributed by atoms with van der Waals surface area (Å²) in [5.41, 5.74) is 4.08. The summed E-state index contributed by atoms with van der Waals surface area (Å²) in [5.74, 6) is -0.526. The molecule has 0 radical (unpaired) electrons. The van der Waals surface area contributed by atoms with Crippen molar-refractivity contribution in [3.05, 3.63) is 69.2 Å². The molecule has 0 atom stereocenters. The van der Waals surface area contributed by atoms with Crippen molar-refractivity contribution < 1.29 is 14.7 Å². The minimum atomic E-state index is -0.993. The van der Waals surface area contributed by atoms with Crippen LogP contribution < -0.4 is 5.43 Å². The molecule has 0 aliphatic heterocycles. The Hall–Kier alpha value is -2.02. The third-order valence-electron chi connectivity index (χ3n) is 3.10. The number of nitrogens with zero attached hydrogens (tertiary/aromatic N) is 1. The zero-order valence-electron chi connectivity index (χ0n) is 12.9. The van der Waals surface area contributed by atoms with E-state index in [9.17, 15) is 9.59 Å². The minimum absolute atomic E-state index is 0.191. The van der Waals surface area contributed by atoms with Gasteiger partial charge in [-0.3, -0.25) is 4.79 Å². The summed E-state index contributed by atoms with van der Waals surface area (Å²) in [7, 11) is 0. The standard InChI is InChI=1S/C17H14Cl2N2O3S/c18-14-2-1-3-15(19)13(14)9-25-10-16(22)21-20-8-11-4-6-12(7-5-11)17(23)24/h1-8H,9-10H2,(H,21,22)(H,23,24)/b20-8-. The lowest BCUT2D eigenvalue weighted by atomic mass is 10.1. The van der Waals surface area contributed by atoms with E-state index < -0.39 is 5.97 Å². The number of nitrogens with one attached hydrogen (secondary N) is 1. The second-order valence-electron chi connectivity index (χ2n) is 4.91. The lowest BCUT2D eigenvalue weighted by Crippen LogP contribution is -2.19. The number of hydrogen-bond acceptors (Lipinski definition) is 4. The Kier molecular flexibility index (Phi) is 7.31. The molecule has 0 saturated heterocycles. The number of halogens is 2. The van der Waals surface area contributed by atoms with Gasteiger partial charge in [0.15, 0.2) is 0 Å². The fraction of sp³-hybridized carbons (Fsp3) is 0.118. The van der Waals surface area contributed by atoms with Gasteiger partial charge in [-0.1, -0.05) is 41.4 Å². The van der Waals surface area contributed by atoms with Crippen LogP contribution in [0.15, 0.2) is 47.6 Å². The van der Waals surface area contributed by atoms with Crippen LogP contribution in [-0.2, 0) is 10.5 Å². The summed E-state index contributed by atoms with van der Waals surface area (Å²) in [6.45, 7) is 0. The van der Waals surface area contributed by atoms with E-state index in [1.54, 1.807) is 30.3 Å². The normalized spacial score (nSPS) is 10.8. The average Bonchev–Trinajstić information content (AvgIpc) is 2.58. The van der Waals surface area contributed by atoms with Crippen LogP contribution in [-0.4, -0.2) is 29.0 Å². The molecule has 5 nitrogen and oxygen atoms in total. The van der Waals surface area contributed by atoms with Crippen LogP contribution in [0.2, 0.25) is 10.0 Å². The number of benzene rings is 2. The molecule has 2 aromatic rings. The molecule has 2 rings (SSSR count). The number of carbonyl (C=O) groups excluding carboxylic acids is 1. The number of thioether (sulfide) groups is 1. The van der Waals surface area contributed by atoms with Gasteiger partial charge in [-0.05, 0) is 35.4 Å². The van der Waals surface area contributed by atoms with Crippen LogP contribution in [0.4, 0.5) is 0 Å². The van der Waals surface area contributed by atoms with Gasteiger partial charge < -0.3 is 5.11 Å². The highest BCUT2D eigenvalue weighted by atomic mass is 35.5. The molecule has 0 spiro atoms. The summed E-state index contributed by atoms with van der Waals surface area (Å²) >= 11 is 13.5. The van der Waals surface area contributed by atoms with Gasteiger partial charge in [-0.15, -0.1) is 11.8 Å². The topological polar surface area (TPSA) is 78.8 Å². The maximum atomic E-state index is 11.7. The maximum absolute atomic E-state index is 11.7. The Morgan fingerprint density at radius 2 is 1.76 bits per heavy atom. The first-order chi connectivity index (χ1) is 12.0. The van der Waals surface area contributed by atoms with Gasteiger partial charge in [0.2, 0.25) is 5.91 Å². The fourth-order valence-electron chi connectivity index (χ4n) is 1.84. The van der Waals surface area contributed by atoms with E-state index in [1.165, 1.54) is 30.1 Å². The van der Waals surface area contributed by atoms with Crippen molar-refractivity contribution in [1.82, 2.24) is 5.43 Å². The zero-order chi connectivity index (χ0) is 18.2. The molecular formula is C17H14Cl2N2O3S. The Balaban J connectivity index is 1.78. The van der Waals surface area contributed by atoms with Crippen molar-refractivity contribution in [3.8, 4) is 0 Å². The number of hydrazone groups is 1.